The van der Waals surface area contributed by atoms with Crippen LogP contribution in [0.4, 0.5) is 0 Å². The van der Waals surface area contributed by atoms with Crippen molar-refractivity contribution in [2.75, 3.05) is 6.54 Å². The second kappa shape index (κ2) is 2.92. The van der Waals surface area contributed by atoms with Crippen molar-refractivity contribution >= 4 is 12.1 Å². The Balaban J connectivity index is 2.66. The minimum Gasteiger partial charge on any atom is -0.308 e. The highest BCUT2D eigenvalue weighted by Gasteiger charge is 2.20. The van der Waals surface area contributed by atoms with Gasteiger partial charge in [-0.2, -0.15) is 0 Å². The van der Waals surface area contributed by atoms with Gasteiger partial charge in [0.05, 0.1) is 5.92 Å². The van der Waals surface area contributed by atoms with Gasteiger partial charge in [0, 0.05) is 18.8 Å². The molecular formula is C7H12N2O. The van der Waals surface area contributed by atoms with Crippen molar-refractivity contribution in [2.45, 2.75) is 19.9 Å². The summed E-state index contributed by atoms with van der Waals surface area (Å²) in [5.41, 5.74) is 0. The summed E-state index contributed by atoms with van der Waals surface area (Å²) in [5, 5.41) is 3.15. The third-order valence-electron chi connectivity index (χ3n) is 1.89. The number of amides is 1. The van der Waals surface area contributed by atoms with Crippen LogP contribution in [0.1, 0.15) is 13.8 Å². The Bertz CT molecular complexity index is 165. The second-order valence-electron chi connectivity index (χ2n) is 2.64. The highest BCUT2D eigenvalue weighted by Crippen LogP contribution is 2.05. The fourth-order valence-electron chi connectivity index (χ4n) is 0.882. The Morgan fingerprint density at radius 1 is 1.70 bits per heavy atom. The van der Waals surface area contributed by atoms with Gasteiger partial charge in [-0.1, -0.05) is 6.92 Å². The van der Waals surface area contributed by atoms with Crippen molar-refractivity contribution in [1.29, 1.82) is 0 Å². The van der Waals surface area contributed by atoms with E-state index < -0.39 is 0 Å². The van der Waals surface area contributed by atoms with E-state index in [0.717, 1.165) is 0 Å². The maximum Gasteiger partial charge on any atom is 0.249 e. The fourth-order valence-corrected chi connectivity index (χ4v) is 0.882. The Kier molecular flexibility index (Phi) is 2.17. The van der Waals surface area contributed by atoms with Crippen LogP contribution < -0.4 is 5.32 Å². The van der Waals surface area contributed by atoms with E-state index in [9.17, 15) is 4.79 Å². The Morgan fingerprint density at radius 3 is 3.10 bits per heavy atom. The highest BCUT2D eigenvalue weighted by atomic mass is 16.1. The molecule has 0 spiro atoms. The second-order valence-corrected chi connectivity index (χ2v) is 2.64. The smallest absolute Gasteiger partial charge is 0.249 e. The quantitative estimate of drug-likeness (QED) is 0.522. The van der Waals surface area contributed by atoms with Gasteiger partial charge < -0.3 is 5.32 Å². The predicted molar refractivity (Wildman–Crippen MR) is 40.1 cm³/mol. The zero-order chi connectivity index (χ0) is 7.56. The molecule has 3 heteroatoms. The van der Waals surface area contributed by atoms with E-state index in [1.165, 1.54) is 0 Å². The predicted octanol–water partition coefficient (Wildman–Crippen LogP) is 0.212. The van der Waals surface area contributed by atoms with Crippen molar-refractivity contribution in [3.05, 3.63) is 0 Å². The number of rotatable bonds is 0. The normalized spacial score (nSPS) is 34.0. The first-order valence-corrected chi connectivity index (χ1v) is 3.51. The lowest BCUT2D eigenvalue weighted by Gasteiger charge is -2.13. The summed E-state index contributed by atoms with van der Waals surface area (Å²) >= 11 is 0. The summed E-state index contributed by atoms with van der Waals surface area (Å²) in [6.45, 7) is 4.59. The molecule has 1 aliphatic heterocycles. The van der Waals surface area contributed by atoms with Gasteiger partial charge in [0.1, 0.15) is 0 Å². The molecule has 0 bridgehead atoms. The molecule has 0 aromatic rings. The van der Waals surface area contributed by atoms with Crippen LogP contribution in [0.25, 0.3) is 0 Å². The molecule has 10 heavy (non-hydrogen) atoms. The highest BCUT2D eigenvalue weighted by molar-refractivity contribution is 5.88. The van der Waals surface area contributed by atoms with Crippen LogP contribution in [0.2, 0.25) is 0 Å². The number of carbonyl (C=O) groups excluding carboxylic acids is 1. The van der Waals surface area contributed by atoms with Gasteiger partial charge in [0.2, 0.25) is 5.91 Å². The molecule has 0 aromatic carbocycles. The Labute approximate surface area is 60.5 Å². The summed E-state index contributed by atoms with van der Waals surface area (Å²) in [4.78, 5) is 14.7. The molecule has 0 saturated heterocycles. The molecule has 1 amide bonds. The van der Waals surface area contributed by atoms with Crippen molar-refractivity contribution in [3.8, 4) is 0 Å². The molecule has 2 atom stereocenters. The van der Waals surface area contributed by atoms with Crippen molar-refractivity contribution in [2.24, 2.45) is 10.9 Å². The molecule has 1 rings (SSSR count). The largest absolute Gasteiger partial charge is 0.308 e. The molecule has 3 nitrogen and oxygen atoms in total. The molecule has 0 fully saturated rings. The lowest BCUT2D eigenvalue weighted by atomic mass is 10.0. The summed E-state index contributed by atoms with van der Waals surface area (Å²) < 4.78 is 0. The molecule has 1 aliphatic rings. The summed E-state index contributed by atoms with van der Waals surface area (Å²) in [5.74, 6) is -0.00347. The molecule has 0 saturated carbocycles. The number of carbonyl (C=O) groups is 1. The summed E-state index contributed by atoms with van der Waals surface area (Å²) in [6.07, 6.45) is 1.63. The molecule has 0 aromatic heterocycles. The average Bonchev–Trinajstić information content (AvgIpc) is 2.04. The SMILES string of the molecule is CC1NCC=NC(=O)C1C. The maximum atomic E-state index is 11.0. The van der Waals surface area contributed by atoms with E-state index in [4.69, 9.17) is 0 Å². The standard InChI is InChI=1S/C7H12N2O/c1-5-6(2)8-3-4-9-7(5)10/h4-6,8H,3H2,1-2H3. The monoisotopic (exact) mass is 140 g/mol. The number of hydrogen-bond donors (Lipinski definition) is 1. The maximum absolute atomic E-state index is 11.0. The van der Waals surface area contributed by atoms with Crippen LogP contribution in [-0.2, 0) is 4.79 Å². The van der Waals surface area contributed by atoms with Crippen LogP contribution in [0.3, 0.4) is 0 Å². The zero-order valence-electron chi connectivity index (χ0n) is 6.29. The van der Waals surface area contributed by atoms with Gasteiger partial charge in [-0.05, 0) is 6.92 Å². The third kappa shape index (κ3) is 1.42. The molecule has 2 unspecified atom stereocenters. The van der Waals surface area contributed by atoms with Gasteiger partial charge in [0.25, 0.3) is 0 Å². The lowest BCUT2D eigenvalue weighted by Crippen LogP contribution is -2.34. The van der Waals surface area contributed by atoms with Gasteiger partial charge in [-0.25, -0.2) is 4.99 Å². The van der Waals surface area contributed by atoms with Crippen molar-refractivity contribution < 1.29 is 4.79 Å². The van der Waals surface area contributed by atoms with Crippen LogP contribution in [0, 0.1) is 5.92 Å². The average molecular weight is 140 g/mol. The summed E-state index contributed by atoms with van der Waals surface area (Å²) in [7, 11) is 0. The molecular weight excluding hydrogens is 128 g/mol. The van der Waals surface area contributed by atoms with Crippen molar-refractivity contribution in [1.82, 2.24) is 5.32 Å². The lowest BCUT2D eigenvalue weighted by molar-refractivity contribution is -0.121. The van der Waals surface area contributed by atoms with Gasteiger partial charge >= 0.3 is 0 Å². The van der Waals surface area contributed by atoms with E-state index >= 15 is 0 Å². The van der Waals surface area contributed by atoms with E-state index in [2.05, 4.69) is 10.3 Å². The molecule has 0 radical (unpaired) electrons. The van der Waals surface area contributed by atoms with Crippen molar-refractivity contribution in [3.63, 3.8) is 0 Å². The van der Waals surface area contributed by atoms with Gasteiger partial charge in [0.15, 0.2) is 0 Å². The number of aliphatic imine (C=N–C) groups is 1. The molecule has 1 N–H and O–H groups in total. The van der Waals surface area contributed by atoms with E-state index in [0.29, 0.717) is 6.54 Å². The fraction of sp³-hybridized carbons (Fsp3) is 0.714. The minimum absolute atomic E-state index is 0.0127. The summed E-state index contributed by atoms with van der Waals surface area (Å²) in [6, 6.07) is 0.245. The molecule has 56 valence electrons. The first-order chi connectivity index (χ1) is 4.72. The van der Waals surface area contributed by atoms with E-state index in [1.807, 2.05) is 13.8 Å². The first-order valence-electron chi connectivity index (χ1n) is 3.51. The molecule has 1 heterocycles. The van der Waals surface area contributed by atoms with Gasteiger partial charge in [-0.3, -0.25) is 4.79 Å². The zero-order valence-corrected chi connectivity index (χ0v) is 6.29. The van der Waals surface area contributed by atoms with Gasteiger partial charge in [-0.15, -0.1) is 0 Å². The van der Waals surface area contributed by atoms with Crippen LogP contribution in [0.5, 0.6) is 0 Å². The van der Waals surface area contributed by atoms with Crippen LogP contribution >= 0.6 is 0 Å². The minimum atomic E-state index is -0.0162. The Hall–Kier alpha value is -0.700. The first kappa shape index (κ1) is 7.41. The Morgan fingerprint density at radius 2 is 2.40 bits per heavy atom. The van der Waals surface area contributed by atoms with Crippen LogP contribution in [0.15, 0.2) is 4.99 Å². The molecule has 0 aliphatic carbocycles. The van der Waals surface area contributed by atoms with Crippen LogP contribution in [-0.4, -0.2) is 24.7 Å². The number of nitrogens with zero attached hydrogens (tertiary/aromatic N) is 1. The third-order valence-corrected chi connectivity index (χ3v) is 1.89. The number of nitrogens with one attached hydrogen (secondary N) is 1. The van der Waals surface area contributed by atoms with E-state index in [1.54, 1.807) is 6.21 Å². The van der Waals surface area contributed by atoms with E-state index in [-0.39, 0.29) is 17.9 Å². The topological polar surface area (TPSA) is 41.5 Å². The number of hydrogen-bond acceptors (Lipinski definition) is 2.